The van der Waals surface area contributed by atoms with Crippen LogP contribution in [0.1, 0.15) is 56.0 Å². The molecule has 8 nitrogen and oxygen atoms in total. The van der Waals surface area contributed by atoms with Gasteiger partial charge < -0.3 is 20.1 Å². The minimum atomic E-state index is -0.847. The highest BCUT2D eigenvalue weighted by Crippen LogP contribution is 2.40. The van der Waals surface area contributed by atoms with Gasteiger partial charge in [0.15, 0.2) is 0 Å². The number of hydrogen-bond donors (Lipinski definition) is 2. The van der Waals surface area contributed by atoms with E-state index in [0.717, 1.165) is 45.3 Å². The number of nitrogens with zero attached hydrogens (tertiary/aromatic N) is 5. The van der Waals surface area contributed by atoms with Crippen LogP contribution < -0.4 is 15.0 Å². The molecule has 3 aromatic rings. The predicted octanol–water partition coefficient (Wildman–Crippen LogP) is 3.73. The maximum Gasteiger partial charge on any atom is 0.322 e. The van der Waals surface area contributed by atoms with Gasteiger partial charge in [-0.2, -0.15) is 15.0 Å². The second-order valence-electron chi connectivity index (χ2n) is 11.9. The molecule has 7 rings (SSSR count). The molecular weight excluding hydrogens is 526 g/mol. The fraction of sp³-hybridized carbons (Fsp3) is 0.516. The molecule has 4 atom stereocenters. The summed E-state index contributed by atoms with van der Waals surface area (Å²) >= 11 is 0. The average Bonchev–Trinajstić information content (AvgIpc) is 3.61. The first kappa shape index (κ1) is 26.4. The van der Waals surface area contributed by atoms with Gasteiger partial charge in [-0.25, -0.2) is 8.78 Å². The number of aromatic nitrogens is 3. The maximum atomic E-state index is 14.7. The molecular formula is C31H34F2N6O2. The summed E-state index contributed by atoms with van der Waals surface area (Å²) in [6.45, 7) is 5.10. The molecule has 2 bridgehead atoms. The molecule has 4 saturated heterocycles. The van der Waals surface area contributed by atoms with E-state index in [9.17, 15) is 13.9 Å². The zero-order valence-corrected chi connectivity index (χ0v) is 23.2. The number of alkyl halides is 1. The van der Waals surface area contributed by atoms with Crippen LogP contribution >= 0.6 is 0 Å². The molecule has 4 aliphatic heterocycles. The van der Waals surface area contributed by atoms with Crippen molar-refractivity contribution >= 4 is 16.7 Å². The van der Waals surface area contributed by atoms with E-state index in [2.05, 4.69) is 36.9 Å². The third kappa shape index (κ3) is 4.95. The van der Waals surface area contributed by atoms with Crippen molar-refractivity contribution in [1.82, 2.24) is 25.2 Å². The number of fused-ring (bicyclic) bond motifs is 4. The number of anilines is 1. The summed E-state index contributed by atoms with van der Waals surface area (Å²) in [5.41, 5.74) is 0.723. The number of benzene rings is 2. The monoisotopic (exact) mass is 560 g/mol. The van der Waals surface area contributed by atoms with Crippen LogP contribution in [0.15, 0.2) is 24.3 Å². The Hall–Kier alpha value is -3.55. The van der Waals surface area contributed by atoms with E-state index in [-0.39, 0.29) is 28.9 Å². The Morgan fingerprint density at radius 1 is 1.12 bits per heavy atom. The van der Waals surface area contributed by atoms with Gasteiger partial charge in [-0.05, 0) is 73.7 Å². The third-order valence-electron chi connectivity index (χ3n) is 9.15. The molecule has 214 valence electrons. The quantitative estimate of drug-likeness (QED) is 0.457. The van der Waals surface area contributed by atoms with Crippen molar-refractivity contribution in [3.63, 3.8) is 0 Å². The zero-order valence-electron chi connectivity index (χ0n) is 23.2. The van der Waals surface area contributed by atoms with Crippen molar-refractivity contribution in [1.29, 1.82) is 0 Å². The minimum Gasteiger partial charge on any atom is -0.508 e. The van der Waals surface area contributed by atoms with Crippen LogP contribution in [0, 0.1) is 17.7 Å². The number of aryl methyl sites for hydroxylation is 1. The summed E-state index contributed by atoms with van der Waals surface area (Å²) in [6.07, 6.45) is 4.25. The standard InChI is InChI=1S/C31H34F2N6O2/c1-2-25-26(33)8-4-19-12-24(40)13-20(28(19)25)5-9-27-35-29(38-16-22-6-7-23(17-38)34-22)37-30(36-27)41-18-31-10-3-11-39(31)15-21(32)14-31/h4,8,12-13,21-23,34,40H,2-3,6-7,10-11,14-18H2,1H3/t21-,22-,23+,31+/m1/s1. The van der Waals surface area contributed by atoms with Gasteiger partial charge in [0.25, 0.3) is 0 Å². The van der Waals surface area contributed by atoms with Gasteiger partial charge in [0.1, 0.15) is 24.3 Å². The van der Waals surface area contributed by atoms with Crippen LogP contribution in [0.25, 0.3) is 10.8 Å². The number of hydrogen-bond acceptors (Lipinski definition) is 8. The van der Waals surface area contributed by atoms with E-state index in [0.29, 0.717) is 65.9 Å². The first-order valence-electron chi connectivity index (χ1n) is 14.6. The summed E-state index contributed by atoms with van der Waals surface area (Å²) in [5.74, 6) is 6.64. The number of halogens is 2. The number of nitrogens with one attached hydrogen (secondary N) is 1. The van der Waals surface area contributed by atoms with E-state index in [1.54, 1.807) is 18.2 Å². The Morgan fingerprint density at radius 3 is 2.76 bits per heavy atom. The fourth-order valence-corrected chi connectivity index (χ4v) is 7.28. The largest absolute Gasteiger partial charge is 0.508 e. The van der Waals surface area contributed by atoms with Crippen LogP contribution in [0.4, 0.5) is 14.7 Å². The van der Waals surface area contributed by atoms with Crippen molar-refractivity contribution in [2.24, 2.45) is 0 Å². The molecule has 1 aromatic heterocycles. The van der Waals surface area contributed by atoms with E-state index >= 15 is 0 Å². The van der Waals surface area contributed by atoms with Crippen molar-refractivity contribution < 1.29 is 18.6 Å². The summed E-state index contributed by atoms with van der Waals surface area (Å²) in [7, 11) is 0. The van der Waals surface area contributed by atoms with Gasteiger partial charge in [-0.3, -0.25) is 4.90 Å². The molecule has 0 saturated carbocycles. The Kier molecular flexibility index (Phi) is 6.67. The molecule has 10 heteroatoms. The molecule has 2 N–H and O–H groups in total. The van der Waals surface area contributed by atoms with Crippen LogP contribution in [-0.2, 0) is 6.42 Å². The molecule has 4 aliphatic rings. The molecule has 0 amide bonds. The smallest absolute Gasteiger partial charge is 0.322 e. The molecule has 0 radical (unpaired) electrons. The highest BCUT2D eigenvalue weighted by Gasteiger charge is 2.49. The molecule has 5 heterocycles. The Bertz CT molecular complexity index is 1550. The number of piperazine rings is 1. The normalized spacial score (nSPS) is 27.2. The SMILES string of the molecule is CCc1c(F)ccc2cc(O)cc(C#Cc3nc(OC[C@@]45CCCN4C[C@H](F)C5)nc(N4C[C@H]5CC[C@@H](C4)N5)n3)c12. The Balaban J connectivity index is 1.25. The van der Waals surface area contributed by atoms with E-state index in [1.807, 2.05) is 6.92 Å². The number of aromatic hydroxyl groups is 1. The number of phenols is 1. The van der Waals surface area contributed by atoms with E-state index < -0.39 is 6.17 Å². The summed E-state index contributed by atoms with van der Waals surface area (Å²) in [5, 5.41) is 15.4. The zero-order chi connectivity index (χ0) is 28.1. The van der Waals surface area contributed by atoms with E-state index in [1.165, 1.54) is 6.07 Å². The summed E-state index contributed by atoms with van der Waals surface area (Å²) in [4.78, 5) is 18.3. The highest BCUT2D eigenvalue weighted by molar-refractivity contribution is 5.92. The van der Waals surface area contributed by atoms with Crippen molar-refractivity contribution in [2.75, 3.05) is 37.7 Å². The topological polar surface area (TPSA) is 86.6 Å². The first-order valence-corrected chi connectivity index (χ1v) is 14.6. The molecule has 4 fully saturated rings. The highest BCUT2D eigenvalue weighted by atomic mass is 19.1. The number of ether oxygens (including phenoxy) is 1. The lowest BCUT2D eigenvalue weighted by Crippen LogP contribution is -2.51. The molecule has 0 spiro atoms. The molecule has 0 aliphatic carbocycles. The predicted molar refractivity (Wildman–Crippen MR) is 151 cm³/mol. The van der Waals surface area contributed by atoms with Crippen LogP contribution in [0.3, 0.4) is 0 Å². The maximum absolute atomic E-state index is 14.7. The Labute approximate surface area is 238 Å². The Morgan fingerprint density at radius 2 is 1.95 bits per heavy atom. The first-order chi connectivity index (χ1) is 19.9. The van der Waals surface area contributed by atoms with Crippen molar-refractivity contribution in [3.8, 4) is 23.6 Å². The van der Waals surface area contributed by atoms with Gasteiger partial charge >= 0.3 is 6.01 Å². The van der Waals surface area contributed by atoms with E-state index in [4.69, 9.17) is 9.72 Å². The second kappa shape index (κ2) is 10.4. The van der Waals surface area contributed by atoms with Crippen LogP contribution in [-0.4, -0.2) is 81.5 Å². The lowest BCUT2D eigenvalue weighted by atomic mass is 9.95. The fourth-order valence-electron chi connectivity index (χ4n) is 7.28. The van der Waals surface area contributed by atoms with Crippen LogP contribution in [0.2, 0.25) is 0 Å². The number of phenolic OH excluding ortho intramolecular Hbond substituents is 1. The molecule has 2 aromatic carbocycles. The van der Waals surface area contributed by atoms with Crippen molar-refractivity contribution in [2.45, 2.75) is 69.2 Å². The second-order valence-corrected chi connectivity index (χ2v) is 11.9. The van der Waals surface area contributed by atoms with Crippen LogP contribution in [0.5, 0.6) is 11.8 Å². The van der Waals surface area contributed by atoms with Crippen molar-refractivity contribution in [3.05, 3.63) is 47.0 Å². The van der Waals surface area contributed by atoms with Gasteiger partial charge in [0.2, 0.25) is 11.8 Å². The summed E-state index contributed by atoms with van der Waals surface area (Å²) in [6, 6.07) is 7.17. The van der Waals surface area contributed by atoms with Gasteiger partial charge in [0, 0.05) is 49.1 Å². The minimum absolute atomic E-state index is 0.0511. The lowest BCUT2D eigenvalue weighted by Gasteiger charge is -2.33. The summed E-state index contributed by atoms with van der Waals surface area (Å²) < 4.78 is 35.2. The third-order valence-corrected chi connectivity index (χ3v) is 9.15. The van der Waals surface area contributed by atoms with Gasteiger partial charge in [-0.15, -0.1) is 0 Å². The average molecular weight is 561 g/mol. The number of rotatable bonds is 5. The lowest BCUT2D eigenvalue weighted by molar-refractivity contribution is 0.107. The molecule has 0 unspecified atom stereocenters. The van der Waals surface area contributed by atoms with Gasteiger partial charge in [-0.1, -0.05) is 18.9 Å². The molecule has 41 heavy (non-hydrogen) atoms. The van der Waals surface area contributed by atoms with Gasteiger partial charge in [0.05, 0.1) is 5.54 Å².